The first-order valence-electron chi connectivity index (χ1n) is 4.43. The number of hydrogen-bond donors (Lipinski definition) is 0. The maximum Gasteiger partial charge on any atom is 0.129 e. The third-order valence-corrected chi connectivity index (χ3v) is 2.94. The topological polar surface area (TPSA) is 23.8 Å². The van der Waals surface area contributed by atoms with Crippen LogP contribution in [0.5, 0.6) is 0 Å². The molecule has 0 aromatic heterocycles. The van der Waals surface area contributed by atoms with E-state index in [2.05, 4.69) is 6.07 Å². The van der Waals surface area contributed by atoms with Crippen molar-refractivity contribution in [3.05, 3.63) is 35.4 Å². The van der Waals surface area contributed by atoms with Gasteiger partial charge in [0.2, 0.25) is 0 Å². The van der Waals surface area contributed by atoms with Crippen LogP contribution in [0.4, 0.5) is 8.78 Å². The molecular formula is C11H9F2N. The van der Waals surface area contributed by atoms with E-state index in [1.165, 1.54) is 12.1 Å². The number of benzene rings is 1. The van der Waals surface area contributed by atoms with Gasteiger partial charge in [0.1, 0.15) is 11.6 Å². The summed E-state index contributed by atoms with van der Waals surface area (Å²) in [6, 6.07) is 5.64. The van der Waals surface area contributed by atoms with Crippen molar-refractivity contribution in [2.75, 3.05) is 0 Å². The Kier molecular flexibility index (Phi) is 1.81. The number of nitrogens with zero attached hydrogens (tertiary/aromatic N) is 1. The first kappa shape index (κ1) is 9.14. The Balaban J connectivity index is 2.40. The molecule has 0 bridgehead atoms. The molecule has 0 radical (unpaired) electrons. The molecular weight excluding hydrogens is 184 g/mol. The van der Waals surface area contributed by atoms with Gasteiger partial charge in [0.05, 0.1) is 12.0 Å². The fourth-order valence-electron chi connectivity index (χ4n) is 1.80. The van der Waals surface area contributed by atoms with Crippen LogP contribution in [-0.4, -0.2) is 0 Å². The highest BCUT2D eigenvalue weighted by Crippen LogP contribution is 2.54. The van der Waals surface area contributed by atoms with Crippen LogP contribution in [0.15, 0.2) is 18.2 Å². The van der Waals surface area contributed by atoms with Gasteiger partial charge in [-0.25, -0.2) is 8.78 Å². The SMILES string of the molecule is CC1(c2ccc(F)cc2F)CC1C#N. The number of nitriles is 1. The standard InChI is InChI=1S/C11H9F2N/c1-11(5-7(11)6-14)9-3-2-8(12)4-10(9)13/h2-4,7H,5H2,1H3. The van der Waals surface area contributed by atoms with Gasteiger partial charge in [-0.3, -0.25) is 0 Å². The van der Waals surface area contributed by atoms with Gasteiger partial charge in [-0.2, -0.15) is 5.26 Å². The lowest BCUT2D eigenvalue weighted by Crippen LogP contribution is -2.06. The van der Waals surface area contributed by atoms with Crippen molar-refractivity contribution in [1.82, 2.24) is 0 Å². The summed E-state index contributed by atoms with van der Waals surface area (Å²) in [5.74, 6) is -1.27. The smallest absolute Gasteiger partial charge is 0.129 e. The molecule has 1 aliphatic rings. The molecule has 14 heavy (non-hydrogen) atoms. The summed E-state index contributed by atoms with van der Waals surface area (Å²) in [7, 11) is 0. The summed E-state index contributed by atoms with van der Waals surface area (Å²) in [4.78, 5) is 0. The molecule has 0 amide bonds. The fraction of sp³-hybridized carbons (Fsp3) is 0.364. The zero-order chi connectivity index (χ0) is 10.3. The van der Waals surface area contributed by atoms with Crippen molar-refractivity contribution >= 4 is 0 Å². The van der Waals surface area contributed by atoms with Gasteiger partial charge < -0.3 is 0 Å². The Morgan fingerprint density at radius 3 is 2.71 bits per heavy atom. The van der Waals surface area contributed by atoms with E-state index in [4.69, 9.17) is 5.26 Å². The zero-order valence-electron chi connectivity index (χ0n) is 7.72. The largest absolute Gasteiger partial charge is 0.207 e. The predicted octanol–water partition coefficient (Wildman–Crippen LogP) is 2.77. The molecule has 3 heteroatoms. The molecule has 2 atom stereocenters. The van der Waals surface area contributed by atoms with E-state index in [-0.39, 0.29) is 5.92 Å². The van der Waals surface area contributed by atoms with E-state index in [9.17, 15) is 8.78 Å². The van der Waals surface area contributed by atoms with Crippen molar-refractivity contribution in [3.8, 4) is 6.07 Å². The van der Waals surface area contributed by atoms with Gasteiger partial charge in [-0.05, 0) is 18.1 Å². The molecule has 1 aliphatic carbocycles. The lowest BCUT2D eigenvalue weighted by Gasteiger charge is -2.10. The molecule has 0 heterocycles. The van der Waals surface area contributed by atoms with E-state index in [0.717, 1.165) is 6.07 Å². The lowest BCUT2D eigenvalue weighted by atomic mass is 9.95. The Bertz CT molecular complexity index is 422. The molecule has 0 saturated heterocycles. The monoisotopic (exact) mass is 193 g/mol. The molecule has 72 valence electrons. The van der Waals surface area contributed by atoms with E-state index in [0.29, 0.717) is 12.0 Å². The lowest BCUT2D eigenvalue weighted by molar-refractivity contribution is 0.553. The van der Waals surface area contributed by atoms with Crippen LogP contribution >= 0.6 is 0 Å². The van der Waals surface area contributed by atoms with E-state index in [1.54, 1.807) is 0 Å². The maximum absolute atomic E-state index is 13.3. The molecule has 0 spiro atoms. The summed E-state index contributed by atoms with van der Waals surface area (Å²) in [6.07, 6.45) is 0.659. The second kappa shape index (κ2) is 2.78. The highest BCUT2D eigenvalue weighted by molar-refractivity contribution is 5.37. The molecule has 2 unspecified atom stereocenters. The Labute approximate surface area is 81.0 Å². The van der Waals surface area contributed by atoms with Gasteiger partial charge in [0.25, 0.3) is 0 Å². The molecule has 1 aromatic carbocycles. The van der Waals surface area contributed by atoms with Crippen LogP contribution in [-0.2, 0) is 5.41 Å². The fourth-order valence-corrected chi connectivity index (χ4v) is 1.80. The van der Waals surface area contributed by atoms with Crippen LogP contribution in [0.25, 0.3) is 0 Å². The van der Waals surface area contributed by atoms with E-state index < -0.39 is 17.0 Å². The van der Waals surface area contributed by atoms with Crippen molar-refractivity contribution < 1.29 is 8.78 Å². The molecule has 1 nitrogen and oxygen atoms in total. The van der Waals surface area contributed by atoms with E-state index >= 15 is 0 Å². The first-order chi connectivity index (χ1) is 6.58. The third-order valence-electron chi connectivity index (χ3n) is 2.94. The van der Waals surface area contributed by atoms with Crippen molar-refractivity contribution in [3.63, 3.8) is 0 Å². The first-order valence-corrected chi connectivity index (χ1v) is 4.43. The quantitative estimate of drug-likeness (QED) is 0.672. The normalized spacial score (nSPS) is 29.7. The highest BCUT2D eigenvalue weighted by atomic mass is 19.1. The van der Waals surface area contributed by atoms with Gasteiger partial charge >= 0.3 is 0 Å². The third kappa shape index (κ3) is 1.19. The Hall–Kier alpha value is -1.43. The number of rotatable bonds is 1. The summed E-state index contributed by atoms with van der Waals surface area (Å²) in [5, 5.41) is 8.70. The predicted molar refractivity (Wildman–Crippen MR) is 47.4 cm³/mol. The Morgan fingerprint density at radius 2 is 2.21 bits per heavy atom. The zero-order valence-corrected chi connectivity index (χ0v) is 7.72. The van der Waals surface area contributed by atoms with Crippen molar-refractivity contribution in [2.24, 2.45) is 5.92 Å². The minimum atomic E-state index is -0.580. The van der Waals surface area contributed by atoms with Gasteiger partial charge in [0, 0.05) is 11.5 Å². The minimum Gasteiger partial charge on any atom is -0.207 e. The van der Waals surface area contributed by atoms with Gasteiger partial charge in [0.15, 0.2) is 0 Å². The molecule has 0 N–H and O–H groups in total. The van der Waals surface area contributed by atoms with E-state index in [1.807, 2.05) is 6.92 Å². The van der Waals surface area contributed by atoms with Crippen LogP contribution in [0.3, 0.4) is 0 Å². The van der Waals surface area contributed by atoms with Crippen LogP contribution in [0.2, 0.25) is 0 Å². The minimum absolute atomic E-state index is 0.137. The van der Waals surface area contributed by atoms with Crippen molar-refractivity contribution in [1.29, 1.82) is 5.26 Å². The summed E-state index contributed by atoms with van der Waals surface area (Å²) in [5.41, 5.74) is 0.0393. The van der Waals surface area contributed by atoms with Crippen LogP contribution in [0.1, 0.15) is 18.9 Å². The summed E-state index contributed by atoms with van der Waals surface area (Å²) >= 11 is 0. The highest BCUT2D eigenvalue weighted by Gasteiger charge is 2.53. The van der Waals surface area contributed by atoms with Crippen molar-refractivity contribution in [2.45, 2.75) is 18.8 Å². The van der Waals surface area contributed by atoms with Gasteiger partial charge in [-0.15, -0.1) is 0 Å². The summed E-state index contributed by atoms with van der Waals surface area (Å²) in [6.45, 7) is 1.83. The number of halogens is 2. The summed E-state index contributed by atoms with van der Waals surface area (Å²) < 4.78 is 26.0. The van der Waals surface area contributed by atoms with Crippen LogP contribution < -0.4 is 0 Å². The average molecular weight is 193 g/mol. The van der Waals surface area contributed by atoms with Gasteiger partial charge in [-0.1, -0.05) is 13.0 Å². The second-order valence-electron chi connectivity index (χ2n) is 3.93. The molecule has 1 aromatic rings. The maximum atomic E-state index is 13.3. The van der Waals surface area contributed by atoms with Crippen LogP contribution in [0, 0.1) is 28.9 Å². The molecule has 2 rings (SSSR count). The average Bonchev–Trinajstić information content (AvgIpc) is 2.77. The molecule has 1 fully saturated rings. The molecule has 1 saturated carbocycles. The Morgan fingerprint density at radius 1 is 1.50 bits per heavy atom. The second-order valence-corrected chi connectivity index (χ2v) is 3.93. The number of hydrogen-bond acceptors (Lipinski definition) is 1. The molecule has 0 aliphatic heterocycles.